The van der Waals surface area contributed by atoms with Crippen LogP contribution in [0.25, 0.3) is 33.4 Å². The van der Waals surface area contributed by atoms with Crippen molar-refractivity contribution in [3.63, 3.8) is 0 Å². The summed E-state index contributed by atoms with van der Waals surface area (Å²) in [5, 5.41) is 8.51. The van der Waals surface area contributed by atoms with Crippen molar-refractivity contribution in [1.82, 2.24) is 10.6 Å². The van der Waals surface area contributed by atoms with Crippen LogP contribution in [0.1, 0.15) is 33.4 Å². The maximum Gasteiger partial charge on any atom is 0.0563 e. The van der Waals surface area contributed by atoms with Crippen LogP contribution in [0.2, 0.25) is 10.0 Å². The lowest BCUT2D eigenvalue weighted by Gasteiger charge is -2.23. The first-order chi connectivity index (χ1) is 17.5. The fraction of sp³-hybridized carbons (Fsp3) is 0.250. The molecule has 2 N–H and O–H groups in total. The summed E-state index contributed by atoms with van der Waals surface area (Å²) >= 11 is 14.3. The predicted octanol–water partition coefficient (Wildman–Crippen LogP) is 7.90. The Kier molecular flexibility index (Phi) is 6.39. The number of hydrogen-bond donors (Lipinski definition) is 2. The Morgan fingerprint density at radius 3 is 1.33 bits per heavy atom. The van der Waals surface area contributed by atoms with E-state index in [1.807, 2.05) is 0 Å². The lowest BCUT2D eigenvalue weighted by molar-refractivity contribution is 0.641. The van der Waals surface area contributed by atoms with Crippen LogP contribution in [-0.4, -0.2) is 13.1 Å². The quantitative estimate of drug-likeness (QED) is 0.291. The molecule has 2 aliphatic rings. The Labute approximate surface area is 223 Å². The third-order valence-electron chi connectivity index (χ3n) is 8.00. The monoisotopic (exact) mass is 512 g/mol. The fourth-order valence-electron chi connectivity index (χ4n) is 5.94. The summed E-state index contributed by atoms with van der Waals surface area (Å²) in [6.07, 6.45) is 2.15. The van der Waals surface area contributed by atoms with Crippen molar-refractivity contribution >= 4 is 23.2 Å². The molecular weight excluding hydrogens is 483 g/mol. The summed E-state index contributed by atoms with van der Waals surface area (Å²) < 4.78 is 0. The molecule has 4 aromatic rings. The van der Waals surface area contributed by atoms with Crippen LogP contribution in [-0.2, 0) is 25.9 Å². The Morgan fingerprint density at radius 1 is 0.528 bits per heavy atom. The second kappa shape index (κ2) is 9.68. The zero-order chi connectivity index (χ0) is 24.8. The minimum absolute atomic E-state index is 0.745. The van der Waals surface area contributed by atoms with Gasteiger partial charge in [0.1, 0.15) is 0 Å². The van der Waals surface area contributed by atoms with E-state index < -0.39 is 0 Å². The summed E-state index contributed by atoms with van der Waals surface area (Å²) in [6, 6.07) is 21.6. The Hall–Kier alpha value is -2.62. The van der Waals surface area contributed by atoms with E-state index in [0.717, 1.165) is 71.3 Å². The second-order valence-electron chi connectivity index (χ2n) is 9.94. The van der Waals surface area contributed by atoms with Crippen molar-refractivity contribution in [2.75, 3.05) is 13.1 Å². The van der Waals surface area contributed by atoms with Crippen molar-refractivity contribution in [2.24, 2.45) is 0 Å². The first-order valence-corrected chi connectivity index (χ1v) is 13.5. The zero-order valence-corrected chi connectivity index (χ0v) is 22.3. The SMILES string of the molecule is Cc1c(-c2cccc(-c3cccc(-c4ccc5c(c4C)CNCC5)c3Cl)c2Cl)ccc2c1CNCC2. The number of nitrogens with one attached hydrogen (secondary N) is 2. The fourth-order valence-corrected chi connectivity index (χ4v) is 6.60. The first-order valence-electron chi connectivity index (χ1n) is 12.8. The highest BCUT2D eigenvalue weighted by molar-refractivity contribution is 6.39. The average Bonchev–Trinajstić information content (AvgIpc) is 2.91. The molecule has 2 nitrogen and oxygen atoms in total. The molecule has 6 rings (SSSR count). The molecule has 0 saturated heterocycles. The van der Waals surface area contributed by atoms with Gasteiger partial charge in [0, 0.05) is 35.3 Å². The Balaban J connectivity index is 1.46. The largest absolute Gasteiger partial charge is 0.312 e. The molecule has 0 bridgehead atoms. The van der Waals surface area contributed by atoms with Gasteiger partial charge in [0.15, 0.2) is 0 Å². The van der Waals surface area contributed by atoms with Gasteiger partial charge in [-0.25, -0.2) is 0 Å². The van der Waals surface area contributed by atoms with Crippen molar-refractivity contribution in [3.05, 3.63) is 104 Å². The molecule has 0 radical (unpaired) electrons. The number of hydrogen-bond acceptors (Lipinski definition) is 2. The van der Waals surface area contributed by atoms with Gasteiger partial charge in [0.25, 0.3) is 0 Å². The lowest BCUT2D eigenvalue weighted by Crippen LogP contribution is -2.24. The van der Waals surface area contributed by atoms with Gasteiger partial charge in [-0.2, -0.15) is 0 Å². The van der Waals surface area contributed by atoms with E-state index in [2.05, 4.69) is 85.1 Å². The highest BCUT2D eigenvalue weighted by Crippen LogP contribution is 2.44. The molecule has 182 valence electrons. The Bertz CT molecular complexity index is 1380. The molecule has 0 fully saturated rings. The van der Waals surface area contributed by atoms with Crippen LogP contribution in [0, 0.1) is 13.8 Å². The van der Waals surface area contributed by atoms with Gasteiger partial charge in [0.2, 0.25) is 0 Å². The van der Waals surface area contributed by atoms with E-state index in [1.165, 1.54) is 44.5 Å². The molecule has 0 saturated carbocycles. The molecule has 4 aromatic carbocycles. The molecule has 0 aromatic heterocycles. The Morgan fingerprint density at radius 2 is 0.917 bits per heavy atom. The van der Waals surface area contributed by atoms with Crippen molar-refractivity contribution < 1.29 is 0 Å². The van der Waals surface area contributed by atoms with Crippen LogP contribution in [0.5, 0.6) is 0 Å². The third-order valence-corrected chi connectivity index (χ3v) is 8.82. The highest BCUT2D eigenvalue weighted by atomic mass is 35.5. The van der Waals surface area contributed by atoms with Crippen molar-refractivity contribution in [2.45, 2.75) is 39.8 Å². The lowest BCUT2D eigenvalue weighted by atomic mass is 9.88. The molecule has 0 amide bonds. The number of fused-ring (bicyclic) bond motifs is 2. The van der Waals surface area contributed by atoms with E-state index in [9.17, 15) is 0 Å². The summed E-state index contributed by atoms with van der Waals surface area (Å²) in [7, 11) is 0. The number of halogens is 2. The third kappa shape index (κ3) is 3.97. The van der Waals surface area contributed by atoms with E-state index >= 15 is 0 Å². The molecule has 0 spiro atoms. The molecule has 2 aliphatic heterocycles. The van der Waals surface area contributed by atoms with Gasteiger partial charge < -0.3 is 10.6 Å². The molecule has 0 unspecified atom stereocenters. The van der Waals surface area contributed by atoms with Gasteiger partial charge in [-0.3, -0.25) is 0 Å². The summed E-state index contributed by atoms with van der Waals surface area (Å²) in [4.78, 5) is 0. The van der Waals surface area contributed by atoms with Gasteiger partial charge >= 0.3 is 0 Å². The first kappa shape index (κ1) is 23.8. The van der Waals surface area contributed by atoms with E-state index in [-0.39, 0.29) is 0 Å². The summed E-state index contributed by atoms with van der Waals surface area (Å²) in [5.74, 6) is 0. The molecule has 2 heterocycles. The van der Waals surface area contributed by atoms with Gasteiger partial charge in [0.05, 0.1) is 10.0 Å². The maximum absolute atomic E-state index is 7.15. The average molecular weight is 514 g/mol. The molecule has 4 heteroatoms. The number of rotatable bonds is 3. The van der Waals surface area contributed by atoms with Crippen molar-refractivity contribution in [1.29, 1.82) is 0 Å². The van der Waals surface area contributed by atoms with Crippen LogP contribution < -0.4 is 10.6 Å². The highest BCUT2D eigenvalue weighted by Gasteiger charge is 2.20. The van der Waals surface area contributed by atoms with Crippen LogP contribution >= 0.6 is 23.2 Å². The minimum Gasteiger partial charge on any atom is -0.312 e. The van der Waals surface area contributed by atoms with E-state index in [1.54, 1.807) is 0 Å². The van der Waals surface area contributed by atoms with Crippen molar-refractivity contribution in [3.8, 4) is 33.4 Å². The van der Waals surface area contributed by atoms with Gasteiger partial charge in [-0.15, -0.1) is 0 Å². The number of benzene rings is 4. The van der Waals surface area contributed by atoms with Crippen LogP contribution in [0.4, 0.5) is 0 Å². The molecule has 0 aliphatic carbocycles. The maximum atomic E-state index is 7.15. The van der Waals surface area contributed by atoms with E-state index in [4.69, 9.17) is 23.2 Å². The summed E-state index contributed by atoms with van der Waals surface area (Å²) in [6.45, 7) is 8.33. The predicted molar refractivity (Wildman–Crippen MR) is 153 cm³/mol. The zero-order valence-electron chi connectivity index (χ0n) is 20.8. The van der Waals surface area contributed by atoms with Gasteiger partial charge in [-0.05, 0) is 84.3 Å². The topological polar surface area (TPSA) is 24.1 Å². The van der Waals surface area contributed by atoms with Crippen LogP contribution in [0.15, 0.2) is 60.7 Å². The molecule has 36 heavy (non-hydrogen) atoms. The normalized spacial score (nSPS) is 14.9. The standard InChI is InChI=1S/C32H30Cl2N2/c1-19-23(11-9-21-13-15-35-17-29(19)21)25-5-3-7-27(31(25)33)28-8-4-6-26(32(28)34)24-12-10-22-14-16-36-18-30(22)20(24)2/h3-12,35-36H,13-18H2,1-2H3. The minimum atomic E-state index is 0.745. The molecular formula is C32H30Cl2N2. The molecule has 0 atom stereocenters. The smallest absolute Gasteiger partial charge is 0.0563 e. The van der Waals surface area contributed by atoms with Gasteiger partial charge in [-0.1, -0.05) is 83.9 Å². The summed E-state index contributed by atoms with van der Waals surface area (Å²) in [5.41, 5.74) is 14.7. The van der Waals surface area contributed by atoms with Crippen LogP contribution in [0.3, 0.4) is 0 Å². The second-order valence-corrected chi connectivity index (χ2v) is 10.7. The van der Waals surface area contributed by atoms with E-state index in [0.29, 0.717) is 0 Å².